The van der Waals surface area contributed by atoms with Crippen LogP contribution in [0.15, 0.2) is 24.5 Å². The van der Waals surface area contributed by atoms with E-state index in [2.05, 4.69) is 10.3 Å². The molecule has 1 aromatic heterocycles. The Hall–Kier alpha value is -1.91. The quantitative estimate of drug-likeness (QED) is 0.871. The molecule has 5 heteroatoms. The van der Waals surface area contributed by atoms with E-state index >= 15 is 0 Å². The zero-order chi connectivity index (χ0) is 14.1. The number of carbonyl (C=O) groups excluding carboxylic acids is 1. The van der Waals surface area contributed by atoms with Gasteiger partial charge in [0.25, 0.3) is 0 Å². The molecule has 2 aliphatic rings. The van der Waals surface area contributed by atoms with Gasteiger partial charge in [-0.25, -0.2) is 0 Å². The predicted molar refractivity (Wildman–Crippen MR) is 71.5 cm³/mol. The van der Waals surface area contributed by atoms with Crippen molar-refractivity contribution in [3.63, 3.8) is 0 Å². The van der Waals surface area contributed by atoms with Gasteiger partial charge in [-0.05, 0) is 42.7 Å². The highest BCUT2D eigenvalue weighted by molar-refractivity contribution is 5.86. The Balaban J connectivity index is 1.66. The molecular formula is C15H18N2O3. The maximum atomic E-state index is 12.3. The van der Waals surface area contributed by atoms with Gasteiger partial charge < -0.3 is 10.4 Å². The molecule has 1 amide bonds. The lowest BCUT2D eigenvalue weighted by atomic mass is 9.78. The molecule has 0 spiro atoms. The van der Waals surface area contributed by atoms with Crippen molar-refractivity contribution < 1.29 is 14.7 Å². The van der Waals surface area contributed by atoms with Crippen molar-refractivity contribution in [2.75, 3.05) is 0 Å². The van der Waals surface area contributed by atoms with Crippen LogP contribution in [0, 0.1) is 23.7 Å². The van der Waals surface area contributed by atoms with Crippen LogP contribution in [-0.4, -0.2) is 22.0 Å². The number of amides is 1. The monoisotopic (exact) mass is 274 g/mol. The number of nitrogens with zero attached hydrogens (tertiary/aromatic N) is 1. The SMILES string of the molecule is O=C(O)[C@H]1[C@H]2CC[C@@H](C2)[C@@H]1C(=O)NCc1cccnc1. The Kier molecular flexibility index (Phi) is 3.42. The van der Waals surface area contributed by atoms with Gasteiger partial charge in [0.05, 0.1) is 11.8 Å². The minimum absolute atomic E-state index is 0.117. The standard InChI is InChI=1S/C15H18N2O3/c18-14(17-8-9-2-1-5-16-7-9)12-10-3-4-11(6-10)13(12)15(19)20/h1-2,5,7,10-13H,3-4,6,8H2,(H,17,18)(H,19,20)/t10-,11-,12-,13-/m0/s1. The summed E-state index contributed by atoms with van der Waals surface area (Å²) in [6, 6.07) is 3.71. The first-order chi connectivity index (χ1) is 9.66. The van der Waals surface area contributed by atoms with Crippen LogP contribution < -0.4 is 5.32 Å². The summed E-state index contributed by atoms with van der Waals surface area (Å²) in [7, 11) is 0. The Morgan fingerprint density at radius 3 is 2.70 bits per heavy atom. The minimum atomic E-state index is -0.821. The number of hydrogen-bond donors (Lipinski definition) is 2. The third-order valence-corrected chi connectivity index (χ3v) is 4.69. The lowest BCUT2D eigenvalue weighted by molar-refractivity contribution is -0.149. The van der Waals surface area contributed by atoms with E-state index in [-0.39, 0.29) is 23.7 Å². The van der Waals surface area contributed by atoms with Gasteiger partial charge in [-0.3, -0.25) is 14.6 Å². The van der Waals surface area contributed by atoms with Crippen molar-refractivity contribution in [1.82, 2.24) is 10.3 Å². The number of carbonyl (C=O) groups is 2. The van der Waals surface area contributed by atoms with Gasteiger partial charge in [-0.2, -0.15) is 0 Å². The molecule has 0 unspecified atom stereocenters. The van der Waals surface area contributed by atoms with Crippen LogP contribution in [0.25, 0.3) is 0 Å². The summed E-state index contributed by atoms with van der Waals surface area (Å²) < 4.78 is 0. The minimum Gasteiger partial charge on any atom is -0.481 e. The van der Waals surface area contributed by atoms with Crippen LogP contribution in [-0.2, 0) is 16.1 Å². The zero-order valence-electron chi connectivity index (χ0n) is 11.2. The average molecular weight is 274 g/mol. The van der Waals surface area contributed by atoms with E-state index in [1.54, 1.807) is 12.4 Å². The highest BCUT2D eigenvalue weighted by Crippen LogP contribution is 2.52. The Morgan fingerprint density at radius 1 is 1.30 bits per heavy atom. The fourth-order valence-electron chi connectivity index (χ4n) is 3.83. The molecule has 106 valence electrons. The summed E-state index contributed by atoms with van der Waals surface area (Å²) in [6.07, 6.45) is 6.22. The third kappa shape index (κ3) is 2.28. The first-order valence-corrected chi connectivity index (χ1v) is 7.06. The molecular weight excluding hydrogens is 256 g/mol. The number of pyridine rings is 1. The zero-order valence-corrected chi connectivity index (χ0v) is 11.2. The first-order valence-electron chi connectivity index (χ1n) is 7.06. The van der Waals surface area contributed by atoms with E-state index < -0.39 is 11.9 Å². The summed E-state index contributed by atoms with van der Waals surface area (Å²) in [5.74, 6) is -1.36. The summed E-state index contributed by atoms with van der Waals surface area (Å²) >= 11 is 0. The van der Waals surface area contributed by atoms with Crippen molar-refractivity contribution in [3.8, 4) is 0 Å². The molecule has 1 heterocycles. The van der Waals surface area contributed by atoms with Gasteiger partial charge in [0.15, 0.2) is 0 Å². The van der Waals surface area contributed by atoms with Crippen molar-refractivity contribution in [3.05, 3.63) is 30.1 Å². The highest BCUT2D eigenvalue weighted by Gasteiger charge is 2.53. The Labute approximate surface area is 117 Å². The fourth-order valence-corrected chi connectivity index (χ4v) is 3.83. The molecule has 5 nitrogen and oxygen atoms in total. The molecule has 0 radical (unpaired) electrons. The second kappa shape index (κ2) is 5.23. The number of rotatable bonds is 4. The molecule has 2 fully saturated rings. The first kappa shape index (κ1) is 13.1. The van der Waals surface area contributed by atoms with E-state index in [9.17, 15) is 14.7 Å². The summed E-state index contributed by atoms with van der Waals surface area (Å²) in [5.41, 5.74) is 0.927. The largest absolute Gasteiger partial charge is 0.481 e. The molecule has 0 aromatic carbocycles. The number of aliphatic carboxylic acids is 1. The third-order valence-electron chi connectivity index (χ3n) is 4.69. The van der Waals surface area contributed by atoms with E-state index in [1.807, 2.05) is 12.1 Å². The molecule has 2 N–H and O–H groups in total. The van der Waals surface area contributed by atoms with Crippen LogP contribution in [0.4, 0.5) is 0 Å². The van der Waals surface area contributed by atoms with Gasteiger partial charge in [-0.1, -0.05) is 6.07 Å². The van der Waals surface area contributed by atoms with Crippen LogP contribution in [0.3, 0.4) is 0 Å². The maximum absolute atomic E-state index is 12.3. The van der Waals surface area contributed by atoms with Gasteiger partial charge >= 0.3 is 5.97 Å². The van der Waals surface area contributed by atoms with Gasteiger partial charge in [0.1, 0.15) is 0 Å². The van der Waals surface area contributed by atoms with Crippen molar-refractivity contribution in [1.29, 1.82) is 0 Å². The fraction of sp³-hybridized carbons (Fsp3) is 0.533. The molecule has 2 saturated carbocycles. The van der Waals surface area contributed by atoms with Crippen LogP contribution in [0.1, 0.15) is 24.8 Å². The second-order valence-corrected chi connectivity index (χ2v) is 5.80. The average Bonchev–Trinajstić information content (AvgIpc) is 3.06. The van der Waals surface area contributed by atoms with Gasteiger partial charge in [0, 0.05) is 18.9 Å². The molecule has 4 atom stereocenters. The lowest BCUT2D eigenvalue weighted by Gasteiger charge is -2.27. The molecule has 2 aliphatic carbocycles. The number of nitrogens with one attached hydrogen (secondary N) is 1. The molecule has 3 rings (SSSR count). The molecule has 2 bridgehead atoms. The van der Waals surface area contributed by atoms with Crippen LogP contribution in [0.5, 0.6) is 0 Å². The molecule has 20 heavy (non-hydrogen) atoms. The van der Waals surface area contributed by atoms with Gasteiger partial charge in [0.2, 0.25) is 5.91 Å². The van der Waals surface area contributed by atoms with Gasteiger partial charge in [-0.15, -0.1) is 0 Å². The Bertz CT molecular complexity index is 517. The summed E-state index contributed by atoms with van der Waals surface area (Å²) in [5, 5.41) is 12.2. The van der Waals surface area contributed by atoms with E-state index in [4.69, 9.17) is 0 Å². The number of carboxylic acid groups (broad SMARTS) is 1. The lowest BCUT2D eigenvalue weighted by Crippen LogP contribution is -2.41. The van der Waals surface area contributed by atoms with E-state index in [0.29, 0.717) is 6.54 Å². The molecule has 0 saturated heterocycles. The smallest absolute Gasteiger partial charge is 0.307 e. The molecule has 0 aliphatic heterocycles. The van der Waals surface area contributed by atoms with Crippen molar-refractivity contribution in [2.24, 2.45) is 23.7 Å². The number of fused-ring (bicyclic) bond motifs is 2. The predicted octanol–water partition coefficient (Wildman–Crippen LogP) is 1.44. The number of carboxylic acids is 1. The Morgan fingerprint density at radius 2 is 2.05 bits per heavy atom. The topological polar surface area (TPSA) is 79.3 Å². The number of aromatic nitrogens is 1. The second-order valence-electron chi connectivity index (χ2n) is 5.80. The normalized spacial score (nSPS) is 31.2. The van der Waals surface area contributed by atoms with E-state index in [0.717, 1.165) is 24.8 Å². The van der Waals surface area contributed by atoms with Crippen LogP contribution >= 0.6 is 0 Å². The van der Waals surface area contributed by atoms with E-state index in [1.165, 1.54) is 0 Å². The molecule has 1 aromatic rings. The van der Waals surface area contributed by atoms with Crippen LogP contribution in [0.2, 0.25) is 0 Å². The highest BCUT2D eigenvalue weighted by atomic mass is 16.4. The maximum Gasteiger partial charge on any atom is 0.307 e. The van der Waals surface area contributed by atoms with Crippen molar-refractivity contribution >= 4 is 11.9 Å². The summed E-state index contributed by atoms with van der Waals surface area (Å²) in [4.78, 5) is 27.7. The number of hydrogen-bond acceptors (Lipinski definition) is 3. The summed E-state index contributed by atoms with van der Waals surface area (Å²) in [6.45, 7) is 0.410. The van der Waals surface area contributed by atoms with Crippen molar-refractivity contribution in [2.45, 2.75) is 25.8 Å².